The average Bonchev–Trinajstić information content (AvgIpc) is 2.81. The molecule has 0 amide bonds. The number of hydrogen-bond acceptors (Lipinski definition) is 4. The molecule has 0 aliphatic heterocycles. The Morgan fingerprint density at radius 2 is 1.96 bits per heavy atom. The summed E-state index contributed by atoms with van der Waals surface area (Å²) in [6.45, 7) is 1.73. The Morgan fingerprint density at radius 1 is 1.22 bits per heavy atom. The van der Waals surface area contributed by atoms with Crippen molar-refractivity contribution in [3.8, 4) is 11.3 Å². The van der Waals surface area contributed by atoms with E-state index < -0.39 is 5.97 Å². The minimum atomic E-state index is -0.553. The first kappa shape index (κ1) is 16.1. The highest BCUT2D eigenvalue weighted by atomic mass is 35.5. The van der Waals surface area contributed by atoms with E-state index in [0.717, 1.165) is 0 Å². The van der Waals surface area contributed by atoms with Crippen molar-refractivity contribution in [3.63, 3.8) is 0 Å². The first-order valence-corrected chi connectivity index (χ1v) is 7.65. The van der Waals surface area contributed by atoms with Crippen molar-refractivity contribution in [2.24, 2.45) is 0 Å². The van der Waals surface area contributed by atoms with Gasteiger partial charge in [-0.3, -0.25) is 0 Å². The smallest absolute Gasteiger partial charge is 0.356 e. The van der Waals surface area contributed by atoms with Gasteiger partial charge in [0.2, 0.25) is 0 Å². The molecule has 8 heteroatoms. The lowest BCUT2D eigenvalue weighted by atomic mass is 10.1. The molecule has 3 aromatic rings. The van der Waals surface area contributed by atoms with Crippen LogP contribution < -0.4 is 0 Å². The number of carbonyl (C=O) groups excluding carboxylic acids is 1. The molecule has 0 saturated carbocycles. The number of aryl methyl sites for hydroxylation is 1. The second kappa shape index (κ2) is 6.00. The molecule has 0 saturated heterocycles. The van der Waals surface area contributed by atoms with E-state index in [1.807, 2.05) is 0 Å². The Labute approximate surface area is 146 Å². The second-order valence-electron chi connectivity index (χ2n) is 4.78. The molecular weight excluding hydrogens is 361 g/mol. The van der Waals surface area contributed by atoms with Crippen molar-refractivity contribution in [2.45, 2.75) is 6.92 Å². The van der Waals surface area contributed by atoms with Crippen LogP contribution in [0.3, 0.4) is 0 Å². The van der Waals surface area contributed by atoms with Gasteiger partial charge in [-0.15, -0.1) is 0 Å². The van der Waals surface area contributed by atoms with Gasteiger partial charge in [-0.25, -0.2) is 14.3 Å². The van der Waals surface area contributed by atoms with E-state index in [2.05, 4.69) is 10.1 Å². The molecule has 0 fully saturated rings. The predicted octanol–water partition coefficient (Wildman–Crippen LogP) is 4.45. The topological polar surface area (TPSA) is 56.5 Å². The van der Waals surface area contributed by atoms with Crippen molar-refractivity contribution in [2.75, 3.05) is 7.11 Å². The highest BCUT2D eigenvalue weighted by Gasteiger charge is 2.20. The Hall–Kier alpha value is -1.82. The quantitative estimate of drug-likeness (QED) is 0.625. The number of carbonyl (C=O) groups is 1. The summed E-state index contributed by atoms with van der Waals surface area (Å²) in [4.78, 5) is 16.5. The van der Waals surface area contributed by atoms with Crippen molar-refractivity contribution < 1.29 is 9.53 Å². The summed E-state index contributed by atoms with van der Waals surface area (Å²) in [5.41, 5.74) is 2.21. The lowest BCUT2D eigenvalue weighted by molar-refractivity contribution is 0.0590. The number of aromatic nitrogens is 3. The van der Waals surface area contributed by atoms with Crippen LogP contribution in [0, 0.1) is 6.92 Å². The molecule has 1 aromatic carbocycles. The van der Waals surface area contributed by atoms with Crippen molar-refractivity contribution in [3.05, 3.63) is 50.7 Å². The molecule has 0 atom stereocenters. The van der Waals surface area contributed by atoms with Crippen LogP contribution in [-0.2, 0) is 4.74 Å². The van der Waals surface area contributed by atoms with Crippen LogP contribution in [0.25, 0.3) is 16.9 Å². The molecule has 3 rings (SSSR count). The molecule has 0 N–H and O–H groups in total. The Bertz CT molecular complexity index is 937. The standard InChI is InChI=1S/C15H10Cl3N3O2/c1-7-13(18)14-19-11(9-4-3-8(16)5-10(9)17)6-12(15(22)23-2)21(14)20-7/h3-6H,1-2H3. The summed E-state index contributed by atoms with van der Waals surface area (Å²) in [5.74, 6) is -0.553. The molecular formula is C15H10Cl3N3O2. The number of methoxy groups -OCH3 is 1. The molecule has 0 bridgehead atoms. The van der Waals surface area contributed by atoms with Crippen LogP contribution in [0.2, 0.25) is 15.1 Å². The number of halogens is 3. The molecule has 0 aliphatic carbocycles. The molecule has 118 valence electrons. The number of ether oxygens (including phenoxy) is 1. The highest BCUT2D eigenvalue weighted by Crippen LogP contribution is 2.31. The number of rotatable bonds is 2. The van der Waals surface area contributed by atoms with Crippen LogP contribution in [0.4, 0.5) is 0 Å². The summed E-state index contributed by atoms with van der Waals surface area (Å²) >= 11 is 18.4. The largest absolute Gasteiger partial charge is 0.464 e. The van der Waals surface area contributed by atoms with E-state index in [9.17, 15) is 4.79 Å². The fourth-order valence-electron chi connectivity index (χ4n) is 2.18. The number of fused-ring (bicyclic) bond motifs is 1. The molecule has 0 radical (unpaired) electrons. The molecule has 2 heterocycles. The molecule has 0 unspecified atom stereocenters. The monoisotopic (exact) mass is 369 g/mol. The van der Waals surface area contributed by atoms with Crippen molar-refractivity contribution >= 4 is 46.4 Å². The maximum absolute atomic E-state index is 12.1. The lowest BCUT2D eigenvalue weighted by Crippen LogP contribution is -2.10. The van der Waals surface area contributed by atoms with Crippen molar-refractivity contribution in [1.29, 1.82) is 0 Å². The van der Waals surface area contributed by atoms with Gasteiger partial charge in [0.25, 0.3) is 0 Å². The Balaban J connectivity index is 2.34. The van der Waals surface area contributed by atoms with Crippen LogP contribution in [0.5, 0.6) is 0 Å². The van der Waals surface area contributed by atoms with Gasteiger partial charge in [0.15, 0.2) is 11.3 Å². The first-order valence-electron chi connectivity index (χ1n) is 6.52. The fourth-order valence-corrected chi connectivity index (χ4v) is 2.85. The van der Waals surface area contributed by atoms with E-state index >= 15 is 0 Å². The first-order chi connectivity index (χ1) is 10.9. The van der Waals surface area contributed by atoms with E-state index in [4.69, 9.17) is 39.5 Å². The van der Waals surface area contributed by atoms with Crippen LogP contribution >= 0.6 is 34.8 Å². The summed E-state index contributed by atoms with van der Waals surface area (Å²) in [6, 6.07) is 6.57. The fraction of sp³-hybridized carbons (Fsp3) is 0.133. The zero-order valence-electron chi connectivity index (χ0n) is 12.1. The summed E-state index contributed by atoms with van der Waals surface area (Å²) in [5, 5.41) is 5.50. The Morgan fingerprint density at radius 3 is 2.61 bits per heavy atom. The normalized spacial score (nSPS) is 11.0. The minimum Gasteiger partial charge on any atom is -0.464 e. The molecule has 0 aliphatic rings. The van der Waals surface area contributed by atoms with Gasteiger partial charge in [0, 0.05) is 10.6 Å². The average molecular weight is 371 g/mol. The number of nitrogens with zero attached hydrogens (tertiary/aromatic N) is 3. The molecule has 23 heavy (non-hydrogen) atoms. The van der Waals surface area contributed by atoms with Gasteiger partial charge in [0.1, 0.15) is 5.02 Å². The van der Waals surface area contributed by atoms with Gasteiger partial charge >= 0.3 is 5.97 Å². The highest BCUT2D eigenvalue weighted by molar-refractivity contribution is 6.36. The van der Waals surface area contributed by atoms with Crippen molar-refractivity contribution in [1.82, 2.24) is 14.6 Å². The molecule has 2 aromatic heterocycles. The lowest BCUT2D eigenvalue weighted by Gasteiger charge is -2.08. The van der Waals surface area contributed by atoms with Gasteiger partial charge in [-0.1, -0.05) is 34.8 Å². The van der Waals surface area contributed by atoms with E-state index in [1.54, 1.807) is 31.2 Å². The number of benzene rings is 1. The van der Waals surface area contributed by atoms with Crippen LogP contribution in [0.15, 0.2) is 24.3 Å². The molecule has 5 nitrogen and oxygen atoms in total. The summed E-state index contributed by atoms with van der Waals surface area (Å²) < 4.78 is 6.17. The SMILES string of the molecule is COC(=O)c1cc(-c2ccc(Cl)cc2Cl)nc2c(Cl)c(C)nn12. The van der Waals surface area contributed by atoms with Gasteiger partial charge in [-0.05, 0) is 31.2 Å². The third-order valence-corrected chi connectivity index (χ3v) is 4.28. The van der Waals surface area contributed by atoms with Crippen LogP contribution in [0.1, 0.15) is 16.2 Å². The maximum Gasteiger partial charge on any atom is 0.356 e. The van der Waals surface area contributed by atoms with E-state index in [0.29, 0.717) is 37.7 Å². The maximum atomic E-state index is 12.1. The van der Waals surface area contributed by atoms with E-state index in [1.165, 1.54) is 11.6 Å². The zero-order chi connectivity index (χ0) is 16.7. The zero-order valence-corrected chi connectivity index (χ0v) is 14.4. The minimum absolute atomic E-state index is 0.202. The predicted molar refractivity (Wildman–Crippen MR) is 89.5 cm³/mol. The number of hydrogen-bond donors (Lipinski definition) is 0. The van der Waals surface area contributed by atoms with E-state index in [-0.39, 0.29) is 5.69 Å². The van der Waals surface area contributed by atoms with Gasteiger partial charge in [0.05, 0.1) is 23.5 Å². The molecule has 0 spiro atoms. The third-order valence-electron chi connectivity index (χ3n) is 3.29. The Kier molecular flexibility index (Phi) is 4.19. The summed E-state index contributed by atoms with van der Waals surface area (Å²) in [7, 11) is 1.29. The van der Waals surface area contributed by atoms with Crippen LogP contribution in [-0.4, -0.2) is 27.7 Å². The summed E-state index contributed by atoms with van der Waals surface area (Å²) in [6.07, 6.45) is 0. The third kappa shape index (κ3) is 2.76. The van der Waals surface area contributed by atoms with Gasteiger partial charge in [-0.2, -0.15) is 5.10 Å². The second-order valence-corrected chi connectivity index (χ2v) is 6.00. The van der Waals surface area contributed by atoms with Gasteiger partial charge < -0.3 is 4.74 Å². The number of esters is 1.